The summed E-state index contributed by atoms with van der Waals surface area (Å²) in [6.07, 6.45) is 1.86. The van der Waals surface area contributed by atoms with E-state index in [-0.39, 0.29) is 5.82 Å². The molecule has 1 aliphatic carbocycles. The molecule has 17 heavy (non-hydrogen) atoms. The van der Waals surface area contributed by atoms with Gasteiger partial charge >= 0.3 is 0 Å². The molecule has 2 rings (SSSR count). The third-order valence-corrected chi connectivity index (χ3v) is 3.34. The first-order chi connectivity index (χ1) is 8.08. The van der Waals surface area contributed by atoms with Gasteiger partial charge in [-0.25, -0.2) is 4.39 Å². The maximum absolute atomic E-state index is 13.6. The monoisotopic (exact) mass is 236 g/mol. The van der Waals surface area contributed by atoms with Crippen LogP contribution in [0.2, 0.25) is 0 Å². The van der Waals surface area contributed by atoms with Crippen LogP contribution < -0.4 is 5.32 Å². The number of fused-ring (bicyclic) bond motifs is 1. The predicted molar refractivity (Wildman–Crippen MR) is 68.6 cm³/mol. The van der Waals surface area contributed by atoms with Crippen molar-refractivity contribution in [1.29, 1.82) is 0 Å². The number of hydrogen-bond donors (Lipinski definition) is 1. The fourth-order valence-corrected chi connectivity index (χ4v) is 2.73. The maximum atomic E-state index is 13.6. The molecule has 0 saturated carbocycles. The highest BCUT2D eigenvalue weighted by Crippen LogP contribution is 2.32. The topological polar surface area (TPSA) is 15.3 Å². The smallest absolute Gasteiger partial charge is 0.126 e. The van der Waals surface area contributed by atoms with Gasteiger partial charge in [-0.15, -0.1) is 0 Å². The largest absolute Gasteiger partial charge is 0.308 e. The van der Waals surface area contributed by atoms with E-state index in [1.165, 1.54) is 0 Å². The van der Waals surface area contributed by atoms with Crippen molar-refractivity contribution in [2.24, 2.45) is 0 Å². The number of likely N-dealkylation sites (N-methyl/N-ethyl adjacent to an activating group) is 1. The van der Waals surface area contributed by atoms with Crippen LogP contribution in [0.3, 0.4) is 0 Å². The third kappa shape index (κ3) is 2.85. The number of halogens is 1. The SMILES string of the molecule is CC(CN(C)C)NC1CCc2c(F)cccc21. The summed E-state index contributed by atoms with van der Waals surface area (Å²) < 4.78 is 13.6. The molecule has 0 heterocycles. The molecule has 1 aliphatic rings. The van der Waals surface area contributed by atoms with Crippen LogP contribution in [0.1, 0.15) is 30.5 Å². The van der Waals surface area contributed by atoms with E-state index in [4.69, 9.17) is 0 Å². The fourth-order valence-electron chi connectivity index (χ4n) is 2.73. The lowest BCUT2D eigenvalue weighted by atomic mass is 10.1. The van der Waals surface area contributed by atoms with Crippen LogP contribution in [-0.4, -0.2) is 31.6 Å². The average molecular weight is 236 g/mol. The Labute approximate surface area is 103 Å². The quantitative estimate of drug-likeness (QED) is 0.863. The lowest BCUT2D eigenvalue weighted by Crippen LogP contribution is -2.37. The number of nitrogens with one attached hydrogen (secondary N) is 1. The molecule has 1 N–H and O–H groups in total. The molecule has 0 aromatic heterocycles. The van der Waals surface area contributed by atoms with E-state index in [2.05, 4.69) is 31.2 Å². The van der Waals surface area contributed by atoms with Crippen molar-refractivity contribution in [1.82, 2.24) is 10.2 Å². The highest BCUT2D eigenvalue weighted by Gasteiger charge is 2.25. The molecular weight excluding hydrogens is 215 g/mol. The van der Waals surface area contributed by atoms with Crippen molar-refractivity contribution < 1.29 is 4.39 Å². The van der Waals surface area contributed by atoms with E-state index in [0.29, 0.717) is 12.1 Å². The van der Waals surface area contributed by atoms with Gasteiger partial charge in [-0.1, -0.05) is 12.1 Å². The van der Waals surface area contributed by atoms with E-state index in [1.807, 2.05) is 12.1 Å². The van der Waals surface area contributed by atoms with Crippen LogP contribution in [0, 0.1) is 5.82 Å². The van der Waals surface area contributed by atoms with Gasteiger partial charge in [0.2, 0.25) is 0 Å². The summed E-state index contributed by atoms with van der Waals surface area (Å²) in [4.78, 5) is 2.17. The molecule has 3 heteroatoms. The van der Waals surface area contributed by atoms with Crippen molar-refractivity contribution in [2.45, 2.75) is 31.8 Å². The van der Waals surface area contributed by atoms with Gasteiger partial charge < -0.3 is 10.2 Å². The highest BCUT2D eigenvalue weighted by molar-refractivity contribution is 5.35. The second-order valence-corrected chi connectivity index (χ2v) is 5.23. The van der Waals surface area contributed by atoms with E-state index in [0.717, 1.165) is 30.5 Å². The number of rotatable bonds is 4. The zero-order valence-electron chi connectivity index (χ0n) is 10.8. The molecule has 0 fully saturated rings. The molecule has 0 radical (unpaired) electrons. The normalized spacial score (nSPS) is 20.6. The van der Waals surface area contributed by atoms with Crippen molar-refractivity contribution in [3.8, 4) is 0 Å². The zero-order chi connectivity index (χ0) is 12.4. The van der Waals surface area contributed by atoms with E-state index in [1.54, 1.807) is 6.07 Å². The summed E-state index contributed by atoms with van der Waals surface area (Å²) in [5.74, 6) is -0.0490. The molecule has 94 valence electrons. The number of hydrogen-bond acceptors (Lipinski definition) is 2. The van der Waals surface area contributed by atoms with Gasteiger partial charge in [0.25, 0.3) is 0 Å². The molecule has 2 atom stereocenters. The molecular formula is C14H21FN2. The Bertz CT molecular complexity index is 390. The Balaban J connectivity index is 2.05. The van der Waals surface area contributed by atoms with Gasteiger partial charge in [0, 0.05) is 18.6 Å². The molecule has 0 spiro atoms. The first-order valence-corrected chi connectivity index (χ1v) is 6.26. The van der Waals surface area contributed by atoms with Crippen LogP contribution in [0.4, 0.5) is 4.39 Å². The number of benzene rings is 1. The summed E-state index contributed by atoms with van der Waals surface area (Å²) in [7, 11) is 4.14. The van der Waals surface area contributed by atoms with Gasteiger partial charge in [0.15, 0.2) is 0 Å². The molecule has 0 bridgehead atoms. The Morgan fingerprint density at radius 1 is 1.47 bits per heavy atom. The Kier molecular flexibility index (Phi) is 3.79. The molecule has 0 aliphatic heterocycles. The lowest BCUT2D eigenvalue weighted by Gasteiger charge is -2.23. The van der Waals surface area contributed by atoms with Crippen LogP contribution in [0.5, 0.6) is 0 Å². The maximum Gasteiger partial charge on any atom is 0.126 e. The van der Waals surface area contributed by atoms with Crippen molar-refractivity contribution in [3.05, 3.63) is 35.1 Å². The summed E-state index contributed by atoms with van der Waals surface area (Å²) in [5, 5.41) is 3.59. The number of nitrogens with zero attached hydrogens (tertiary/aromatic N) is 1. The summed E-state index contributed by atoms with van der Waals surface area (Å²) in [6.45, 7) is 3.18. The summed E-state index contributed by atoms with van der Waals surface area (Å²) in [6, 6.07) is 6.15. The molecule has 0 amide bonds. The van der Waals surface area contributed by atoms with Crippen LogP contribution >= 0.6 is 0 Å². The fraction of sp³-hybridized carbons (Fsp3) is 0.571. The van der Waals surface area contributed by atoms with E-state index >= 15 is 0 Å². The lowest BCUT2D eigenvalue weighted by molar-refractivity contribution is 0.328. The van der Waals surface area contributed by atoms with Gasteiger partial charge in [0.1, 0.15) is 5.82 Å². The third-order valence-electron chi connectivity index (χ3n) is 3.34. The van der Waals surface area contributed by atoms with Gasteiger partial charge in [-0.05, 0) is 51.1 Å². The van der Waals surface area contributed by atoms with Gasteiger partial charge in [-0.2, -0.15) is 0 Å². The molecule has 2 unspecified atom stereocenters. The molecule has 1 aromatic carbocycles. The Hall–Kier alpha value is -0.930. The standard InChI is InChI=1S/C14H21FN2/c1-10(9-17(2)3)16-14-8-7-11-12(14)5-4-6-13(11)15/h4-6,10,14,16H,7-9H2,1-3H3. The minimum Gasteiger partial charge on any atom is -0.308 e. The second-order valence-electron chi connectivity index (χ2n) is 5.23. The zero-order valence-corrected chi connectivity index (χ0v) is 10.8. The molecule has 0 saturated heterocycles. The average Bonchev–Trinajstić information content (AvgIpc) is 2.62. The van der Waals surface area contributed by atoms with Crippen LogP contribution in [0.15, 0.2) is 18.2 Å². The molecule has 2 nitrogen and oxygen atoms in total. The van der Waals surface area contributed by atoms with Crippen molar-refractivity contribution >= 4 is 0 Å². The first-order valence-electron chi connectivity index (χ1n) is 6.26. The summed E-state index contributed by atoms with van der Waals surface area (Å²) in [5.41, 5.74) is 2.05. The van der Waals surface area contributed by atoms with Gasteiger partial charge in [-0.3, -0.25) is 0 Å². The van der Waals surface area contributed by atoms with Gasteiger partial charge in [0.05, 0.1) is 0 Å². The van der Waals surface area contributed by atoms with Crippen molar-refractivity contribution in [2.75, 3.05) is 20.6 Å². The Morgan fingerprint density at radius 2 is 2.24 bits per heavy atom. The predicted octanol–water partition coefficient (Wildman–Crippen LogP) is 2.35. The van der Waals surface area contributed by atoms with E-state index < -0.39 is 0 Å². The van der Waals surface area contributed by atoms with Crippen LogP contribution in [0.25, 0.3) is 0 Å². The van der Waals surface area contributed by atoms with Crippen LogP contribution in [-0.2, 0) is 6.42 Å². The highest BCUT2D eigenvalue weighted by atomic mass is 19.1. The van der Waals surface area contributed by atoms with Crippen molar-refractivity contribution in [3.63, 3.8) is 0 Å². The minimum atomic E-state index is -0.0490. The minimum absolute atomic E-state index is 0.0490. The van der Waals surface area contributed by atoms with E-state index in [9.17, 15) is 4.39 Å². The molecule has 1 aromatic rings. The Morgan fingerprint density at radius 3 is 2.94 bits per heavy atom. The second kappa shape index (κ2) is 5.15. The first kappa shape index (κ1) is 12.5. The summed E-state index contributed by atoms with van der Waals surface area (Å²) >= 11 is 0.